The fourth-order valence-electron chi connectivity index (χ4n) is 5.51. The van der Waals surface area contributed by atoms with Crippen molar-refractivity contribution >= 4 is 12.4 Å². The molecule has 2 aliphatic heterocycles. The first-order valence-electron chi connectivity index (χ1n) is 9.38. The number of halogens is 1. The average molecular weight is 366 g/mol. The number of likely N-dealkylation sites (tertiary alicyclic amines) is 1. The van der Waals surface area contributed by atoms with Gasteiger partial charge in [0.1, 0.15) is 5.75 Å². The van der Waals surface area contributed by atoms with Crippen molar-refractivity contribution in [1.82, 2.24) is 4.90 Å². The molecule has 2 saturated heterocycles. The monoisotopic (exact) mass is 365 g/mol. The van der Waals surface area contributed by atoms with Gasteiger partial charge in [-0.3, -0.25) is 4.90 Å². The first-order chi connectivity index (χ1) is 11.7. The van der Waals surface area contributed by atoms with E-state index < -0.39 is 5.60 Å². The van der Waals surface area contributed by atoms with E-state index in [2.05, 4.69) is 23.1 Å². The van der Waals surface area contributed by atoms with Gasteiger partial charge in [0.05, 0.1) is 24.7 Å². The first-order valence-corrected chi connectivity index (χ1v) is 9.38. The summed E-state index contributed by atoms with van der Waals surface area (Å²) in [5.74, 6) is 1.74. The summed E-state index contributed by atoms with van der Waals surface area (Å²) in [4.78, 5) is 2.59. The van der Waals surface area contributed by atoms with E-state index >= 15 is 0 Å². The Hall–Kier alpha value is -0.810. The third kappa shape index (κ3) is 2.45. The minimum Gasteiger partial charge on any atom is -0.497 e. The summed E-state index contributed by atoms with van der Waals surface area (Å²) in [6.07, 6.45) is 5.40. The van der Waals surface area contributed by atoms with E-state index in [1.807, 2.05) is 0 Å². The molecule has 0 radical (unpaired) electrons. The number of piperidine rings is 1. The Labute approximate surface area is 155 Å². The van der Waals surface area contributed by atoms with Gasteiger partial charge in [-0.25, -0.2) is 0 Å². The van der Waals surface area contributed by atoms with Crippen LogP contribution >= 0.6 is 12.4 Å². The maximum atomic E-state index is 11.9. The van der Waals surface area contributed by atoms with Crippen molar-refractivity contribution in [2.45, 2.75) is 49.2 Å². The van der Waals surface area contributed by atoms with Gasteiger partial charge in [-0.2, -0.15) is 0 Å². The van der Waals surface area contributed by atoms with Crippen LogP contribution in [0.15, 0.2) is 18.2 Å². The molecule has 4 aliphatic rings. The second-order valence-electron chi connectivity index (χ2n) is 8.24. The van der Waals surface area contributed by atoms with Gasteiger partial charge in [0, 0.05) is 25.6 Å². The van der Waals surface area contributed by atoms with Crippen LogP contribution in [0, 0.1) is 5.92 Å². The molecule has 5 rings (SSSR count). The fourth-order valence-corrected chi connectivity index (χ4v) is 5.51. The molecule has 1 aromatic rings. The molecule has 5 heteroatoms. The molecular weight excluding hydrogens is 338 g/mol. The molecule has 3 fully saturated rings. The second-order valence-corrected chi connectivity index (χ2v) is 8.24. The number of rotatable bonds is 3. The Kier molecular flexibility index (Phi) is 4.31. The lowest BCUT2D eigenvalue weighted by Gasteiger charge is -2.63. The maximum absolute atomic E-state index is 11.9. The molecular formula is C20H28ClNO3. The quantitative estimate of drug-likeness (QED) is 0.893. The molecule has 1 N–H and O–H groups in total. The highest BCUT2D eigenvalue weighted by atomic mass is 35.5. The van der Waals surface area contributed by atoms with E-state index in [9.17, 15) is 5.11 Å². The molecule has 0 amide bonds. The van der Waals surface area contributed by atoms with Crippen LogP contribution in [0.4, 0.5) is 0 Å². The summed E-state index contributed by atoms with van der Waals surface area (Å²) in [6, 6.07) is 6.65. The summed E-state index contributed by atoms with van der Waals surface area (Å²) in [7, 11) is 1.72. The lowest BCUT2D eigenvalue weighted by molar-refractivity contribution is -0.202. The van der Waals surface area contributed by atoms with Crippen molar-refractivity contribution in [1.29, 1.82) is 0 Å². The molecule has 2 heterocycles. The van der Waals surface area contributed by atoms with Crippen molar-refractivity contribution in [3.63, 3.8) is 0 Å². The SMILES string of the molecule is COc1ccc2c(c1)[C@]13CCN(CC4CC4)[C@H](C2)[C@]1(O)CCOC3.Cl. The van der Waals surface area contributed by atoms with E-state index in [1.54, 1.807) is 7.11 Å². The molecule has 3 atom stereocenters. The summed E-state index contributed by atoms with van der Waals surface area (Å²) >= 11 is 0. The van der Waals surface area contributed by atoms with Crippen LogP contribution in [0.25, 0.3) is 0 Å². The van der Waals surface area contributed by atoms with Crippen LogP contribution in [0.2, 0.25) is 0 Å². The van der Waals surface area contributed by atoms with Gasteiger partial charge in [0.15, 0.2) is 0 Å². The van der Waals surface area contributed by atoms with E-state index in [0.29, 0.717) is 13.2 Å². The third-order valence-corrected chi connectivity index (χ3v) is 7.06. The number of methoxy groups -OCH3 is 1. The topological polar surface area (TPSA) is 41.9 Å². The number of benzene rings is 1. The Morgan fingerprint density at radius 2 is 2.16 bits per heavy atom. The summed E-state index contributed by atoms with van der Waals surface area (Å²) in [5.41, 5.74) is 1.71. The molecule has 2 bridgehead atoms. The molecule has 138 valence electrons. The molecule has 25 heavy (non-hydrogen) atoms. The van der Waals surface area contributed by atoms with E-state index in [4.69, 9.17) is 9.47 Å². The molecule has 2 aliphatic carbocycles. The zero-order chi connectivity index (χ0) is 16.4. The minimum absolute atomic E-state index is 0. The van der Waals surface area contributed by atoms with Gasteiger partial charge in [-0.1, -0.05) is 6.07 Å². The van der Waals surface area contributed by atoms with E-state index in [-0.39, 0.29) is 23.9 Å². The molecule has 0 spiro atoms. The highest BCUT2D eigenvalue weighted by Crippen LogP contribution is 2.55. The van der Waals surface area contributed by atoms with Gasteiger partial charge >= 0.3 is 0 Å². The van der Waals surface area contributed by atoms with Gasteiger partial charge in [-0.05, 0) is 61.4 Å². The van der Waals surface area contributed by atoms with Crippen molar-refractivity contribution in [2.75, 3.05) is 33.4 Å². The molecule has 4 nitrogen and oxygen atoms in total. The predicted octanol–water partition coefficient (Wildman–Crippen LogP) is 2.55. The Balaban J connectivity index is 0.00000157. The number of fused-ring (bicyclic) bond motifs is 1. The standard InChI is InChI=1S/C20H27NO3.ClH/c1-23-16-5-4-15-10-18-20(22)7-9-24-13-19(20,17(15)11-16)6-8-21(18)12-14-2-3-14;/h4-5,11,14,18,22H,2-3,6-10,12-13H2,1H3;1H/t18-,19-,20-;/m1./s1. The largest absolute Gasteiger partial charge is 0.497 e. The normalized spacial score (nSPS) is 36.8. The minimum atomic E-state index is -0.669. The Morgan fingerprint density at radius 1 is 1.32 bits per heavy atom. The third-order valence-electron chi connectivity index (χ3n) is 7.06. The van der Waals surface area contributed by atoms with Gasteiger partial charge in [0.2, 0.25) is 0 Å². The Bertz CT molecular complexity index is 664. The highest BCUT2D eigenvalue weighted by molar-refractivity contribution is 5.85. The Morgan fingerprint density at radius 3 is 2.92 bits per heavy atom. The summed E-state index contributed by atoms with van der Waals surface area (Å²) in [6.45, 7) is 3.54. The number of nitrogens with zero attached hydrogens (tertiary/aromatic N) is 1. The first kappa shape index (κ1) is 17.6. The van der Waals surface area contributed by atoms with Crippen molar-refractivity contribution in [2.24, 2.45) is 5.92 Å². The predicted molar refractivity (Wildman–Crippen MR) is 98.7 cm³/mol. The lowest BCUT2D eigenvalue weighted by atomic mass is 9.53. The number of hydrogen-bond acceptors (Lipinski definition) is 4. The zero-order valence-electron chi connectivity index (χ0n) is 14.9. The molecule has 1 saturated carbocycles. The number of aliphatic hydroxyl groups is 1. The average Bonchev–Trinajstić information content (AvgIpc) is 3.41. The van der Waals surface area contributed by atoms with Crippen LogP contribution in [0.1, 0.15) is 36.8 Å². The van der Waals surface area contributed by atoms with Gasteiger partial charge in [-0.15, -0.1) is 12.4 Å². The van der Waals surface area contributed by atoms with Crippen molar-refractivity contribution in [3.05, 3.63) is 29.3 Å². The van der Waals surface area contributed by atoms with Gasteiger partial charge in [0.25, 0.3) is 0 Å². The highest BCUT2D eigenvalue weighted by Gasteiger charge is 2.64. The van der Waals surface area contributed by atoms with Gasteiger partial charge < -0.3 is 14.6 Å². The smallest absolute Gasteiger partial charge is 0.119 e. The van der Waals surface area contributed by atoms with Crippen molar-refractivity contribution < 1.29 is 14.6 Å². The molecule has 0 unspecified atom stereocenters. The van der Waals surface area contributed by atoms with Crippen LogP contribution < -0.4 is 4.74 Å². The summed E-state index contributed by atoms with van der Waals surface area (Å²) in [5, 5.41) is 11.9. The van der Waals surface area contributed by atoms with Crippen LogP contribution in [-0.4, -0.2) is 55.1 Å². The van der Waals surface area contributed by atoms with Crippen LogP contribution in [-0.2, 0) is 16.6 Å². The fraction of sp³-hybridized carbons (Fsp3) is 0.700. The van der Waals surface area contributed by atoms with Crippen LogP contribution in [0.5, 0.6) is 5.75 Å². The second kappa shape index (κ2) is 6.12. The number of hydrogen-bond donors (Lipinski definition) is 1. The lowest BCUT2D eigenvalue weighted by Crippen LogP contribution is -2.74. The number of ether oxygens (including phenoxy) is 2. The maximum Gasteiger partial charge on any atom is 0.119 e. The van der Waals surface area contributed by atoms with Crippen molar-refractivity contribution in [3.8, 4) is 5.75 Å². The summed E-state index contributed by atoms with van der Waals surface area (Å²) < 4.78 is 11.4. The van der Waals surface area contributed by atoms with Crippen LogP contribution in [0.3, 0.4) is 0 Å². The molecule has 0 aromatic heterocycles. The van der Waals surface area contributed by atoms with E-state index in [0.717, 1.165) is 44.0 Å². The zero-order valence-corrected chi connectivity index (χ0v) is 15.7. The molecule has 1 aromatic carbocycles. The van der Waals surface area contributed by atoms with E-state index in [1.165, 1.54) is 24.0 Å².